The van der Waals surface area contributed by atoms with Crippen molar-refractivity contribution in [1.29, 1.82) is 0 Å². The number of carbonyl (C=O) groups is 1. The van der Waals surface area contributed by atoms with Gasteiger partial charge in [0.1, 0.15) is 5.75 Å². The first-order valence-electron chi connectivity index (χ1n) is 10.0. The third-order valence-electron chi connectivity index (χ3n) is 5.06. The number of rotatable bonds is 6. The fraction of sp³-hybridized carbons (Fsp3) is 0.455. The molecule has 0 saturated carbocycles. The number of likely N-dealkylation sites (tertiary alicyclic amines) is 1. The maximum Gasteiger partial charge on any atom is 0.222 e. The Morgan fingerprint density at radius 2 is 2.00 bits per heavy atom. The molecule has 1 fully saturated rings. The van der Waals surface area contributed by atoms with E-state index in [9.17, 15) is 4.79 Å². The number of nitrogens with one attached hydrogen (secondary N) is 2. The first-order chi connectivity index (χ1) is 13.6. The number of fused-ring (bicyclic) bond motifs is 1. The summed E-state index contributed by atoms with van der Waals surface area (Å²) in [4.78, 5) is 18.5. The average molecular weight is 383 g/mol. The Labute approximate surface area is 167 Å². The number of aliphatic imine (C=N–C) groups is 1. The number of methoxy groups -OCH3 is 1. The Hall–Kier alpha value is -2.76. The number of guanidine groups is 1. The predicted octanol–water partition coefficient (Wildman–Crippen LogP) is 2.91. The van der Waals surface area contributed by atoms with Gasteiger partial charge in [-0.2, -0.15) is 0 Å². The van der Waals surface area contributed by atoms with Crippen LogP contribution >= 0.6 is 0 Å². The molecule has 1 unspecified atom stereocenters. The van der Waals surface area contributed by atoms with Crippen LogP contribution < -0.4 is 15.4 Å². The zero-order valence-electron chi connectivity index (χ0n) is 17.0. The van der Waals surface area contributed by atoms with Crippen LogP contribution in [-0.4, -0.2) is 49.6 Å². The molecular weight excluding hydrogens is 352 g/mol. The Bertz CT molecular complexity index is 850. The van der Waals surface area contributed by atoms with E-state index in [1.54, 1.807) is 7.11 Å². The lowest BCUT2D eigenvalue weighted by molar-refractivity contribution is -0.129. The minimum atomic E-state index is 0.221. The third kappa shape index (κ3) is 4.94. The Balaban J connectivity index is 1.65. The van der Waals surface area contributed by atoms with Crippen LogP contribution in [0.15, 0.2) is 41.4 Å². The Morgan fingerprint density at radius 1 is 1.21 bits per heavy atom. The predicted molar refractivity (Wildman–Crippen MR) is 114 cm³/mol. The second-order valence-electron chi connectivity index (χ2n) is 7.07. The molecule has 1 heterocycles. The topological polar surface area (TPSA) is 66.0 Å². The van der Waals surface area contributed by atoms with Crippen molar-refractivity contribution in [2.75, 3.05) is 26.7 Å². The number of hydrogen-bond donors (Lipinski definition) is 2. The molecule has 1 aliphatic rings. The second-order valence-corrected chi connectivity index (χ2v) is 7.07. The number of hydrogen-bond acceptors (Lipinski definition) is 3. The van der Waals surface area contributed by atoms with Crippen LogP contribution in [0.4, 0.5) is 0 Å². The van der Waals surface area contributed by atoms with Gasteiger partial charge < -0.3 is 20.3 Å². The van der Waals surface area contributed by atoms with E-state index in [4.69, 9.17) is 9.73 Å². The smallest absolute Gasteiger partial charge is 0.222 e. The van der Waals surface area contributed by atoms with Crippen molar-refractivity contribution in [2.45, 2.75) is 39.3 Å². The molecule has 0 aromatic heterocycles. The highest BCUT2D eigenvalue weighted by molar-refractivity contribution is 5.85. The van der Waals surface area contributed by atoms with Gasteiger partial charge in [0.25, 0.3) is 0 Å². The molecule has 2 aromatic carbocycles. The van der Waals surface area contributed by atoms with Gasteiger partial charge in [-0.05, 0) is 47.9 Å². The molecule has 1 saturated heterocycles. The van der Waals surface area contributed by atoms with Crippen LogP contribution in [0, 0.1) is 0 Å². The summed E-state index contributed by atoms with van der Waals surface area (Å²) in [5, 5.41) is 9.12. The minimum absolute atomic E-state index is 0.221. The highest BCUT2D eigenvalue weighted by Gasteiger charge is 2.25. The zero-order chi connectivity index (χ0) is 19.9. The molecule has 0 aliphatic carbocycles. The van der Waals surface area contributed by atoms with E-state index in [1.165, 1.54) is 5.39 Å². The maximum atomic E-state index is 11.9. The number of ether oxygens (including phenoxy) is 1. The lowest BCUT2D eigenvalue weighted by Gasteiger charge is -2.18. The highest BCUT2D eigenvalue weighted by atomic mass is 16.5. The molecule has 3 rings (SSSR count). The van der Waals surface area contributed by atoms with E-state index in [0.717, 1.165) is 48.7 Å². The molecule has 2 N–H and O–H groups in total. The van der Waals surface area contributed by atoms with Gasteiger partial charge >= 0.3 is 0 Å². The number of benzene rings is 2. The van der Waals surface area contributed by atoms with Gasteiger partial charge in [-0.25, -0.2) is 4.99 Å². The molecule has 2 aromatic rings. The molecule has 150 valence electrons. The largest absolute Gasteiger partial charge is 0.497 e. The first kappa shape index (κ1) is 20.0. The first-order valence-corrected chi connectivity index (χ1v) is 10.0. The normalized spacial score (nSPS) is 17.0. The van der Waals surface area contributed by atoms with Crippen LogP contribution in [0.2, 0.25) is 0 Å². The van der Waals surface area contributed by atoms with Crippen LogP contribution in [0.5, 0.6) is 5.75 Å². The van der Waals surface area contributed by atoms with Crippen molar-refractivity contribution in [3.8, 4) is 5.75 Å². The quantitative estimate of drug-likeness (QED) is 0.596. The summed E-state index contributed by atoms with van der Waals surface area (Å²) in [6.45, 7) is 6.93. The van der Waals surface area contributed by atoms with Crippen LogP contribution in [0.1, 0.15) is 32.3 Å². The van der Waals surface area contributed by atoms with E-state index in [2.05, 4.69) is 41.8 Å². The van der Waals surface area contributed by atoms with Crippen LogP contribution in [-0.2, 0) is 11.3 Å². The standard InChI is InChI=1S/C22H30N4O2/c1-4-21(27)26-11-10-19(15-26)25-22(23-5-2)24-14-16-6-7-18-13-20(28-3)9-8-17(18)12-16/h6-9,12-13,19H,4-5,10-11,14-15H2,1-3H3,(H2,23,24,25). The van der Waals surface area contributed by atoms with E-state index >= 15 is 0 Å². The molecule has 28 heavy (non-hydrogen) atoms. The summed E-state index contributed by atoms with van der Waals surface area (Å²) in [6.07, 6.45) is 1.52. The third-order valence-corrected chi connectivity index (χ3v) is 5.06. The van der Waals surface area contributed by atoms with E-state index < -0.39 is 0 Å². The molecule has 0 radical (unpaired) electrons. The van der Waals surface area contributed by atoms with Gasteiger partial charge in [-0.3, -0.25) is 4.79 Å². The number of amides is 1. The maximum absolute atomic E-state index is 11.9. The van der Waals surface area contributed by atoms with Crippen molar-refractivity contribution in [3.63, 3.8) is 0 Å². The van der Waals surface area contributed by atoms with E-state index in [0.29, 0.717) is 13.0 Å². The summed E-state index contributed by atoms with van der Waals surface area (Å²) in [6, 6.07) is 12.7. The van der Waals surface area contributed by atoms with E-state index in [1.807, 2.05) is 24.0 Å². The fourth-order valence-electron chi connectivity index (χ4n) is 3.51. The van der Waals surface area contributed by atoms with E-state index in [-0.39, 0.29) is 11.9 Å². The SMILES string of the molecule is CCNC(=NCc1ccc2cc(OC)ccc2c1)NC1CCN(C(=O)CC)C1. The van der Waals surface area contributed by atoms with Crippen LogP contribution in [0.3, 0.4) is 0 Å². The molecular formula is C22H30N4O2. The molecule has 0 spiro atoms. The monoisotopic (exact) mass is 382 g/mol. The lowest BCUT2D eigenvalue weighted by Crippen LogP contribution is -2.45. The van der Waals surface area contributed by atoms with Gasteiger partial charge in [-0.15, -0.1) is 0 Å². The Kier molecular flexibility index (Phi) is 6.74. The minimum Gasteiger partial charge on any atom is -0.497 e. The Morgan fingerprint density at radius 3 is 2.75 bits per heavy atom. The summed E-state index contributed by atoms with van der Waals surface area (Å²) >= 11 is 0. The number of carbonyl (C=O) groups excluding carboxylic acids is 1. The van der Waals surface area contributed by atoms with Crippen molar-refractivity contribution in [2.24, 2.45) is 4.99 Å². The van der Waals surface area contributed by atoms with Crippen molar-refractivity contribution in [1.82, 2.24) is 15.5 Å². The van der Waals surface area contributed by atoms with Gasteiger partial charge in [0, 0.05) is 32.1 Å². The van der Waals surface area contributed by atoms with Crippen molar-refractivity contribution < 1.29 is 9.53 Å². The van der Waals surface area contributed by atoms with Crippen molar-refractivity contribution in [3.05, 3.63) is 42.0 Å². The van der Waals surface area contributed by atoms with Gasteiger partial charge in [0.15, 0.2) is 5.96 Å². The second kappa shape index (κ2) is 9.44. The van der Waals surface area contributed by atoms with Crippen LogP contribution in [0.25, 0.3) is 10.8 Å². The van der Waals surface area contributed by atoms with Crippen molar-refractivity contribution >= 4 is 22.6 Å². The molecule has 6 nitrogen and oxygen atoms in total. The lowest BCUT2D eigenvalue weighted by atomic mass is 10.1. The molecule has 0 bridgehead atoms. The fourth-order valence-corrected chi connectivity index (χ4v) is 3.51. The van der Waals surface area contributed by atoms with Gasteiger partial charge in [-0.1, -0.05) is 25.1 Å². The van der Waals surface area contributed by atoms with Gasteiger partial charge in [0.05, 0.1) is 13.7 Å². The molecule has 1 aliphatic heterocycles. The average Bonchev–Trinajstić information content (AvgIpc) is 3.19. The summed E-state index contributed by atoms with van der Waals surface area (Å²) in [5.41, 5.74) is 1.16. The summed E-state index contributed by atoms with van der Waals surface area (Å²) in [7, 11) is 1.68. The number of nitrogens with zero attached hydrogens (tertiary/aromatic N) is 2. The molecule has 6 heteroatoms. The molecule has 1 atom stereocenters. The van der Waals surface area contributed by atoms with Gasteiger partial charge in [0.2, 0.25) is 5.91 Å². The molecule has 1 amide bonds. The summed E-state index contributed by atoms with van der Waals surface area (Å²) in [5.74, 6) is 1.89. The zero-order valence-corrected chi connectivity index (χ0v) is 17.0. The summed E-state index contributed by atoms with van der Waals surface area (Å²) < 4.78 is 5.29. The highest BCUT2D eigenvalue weighted by Crippen LogP contribution is 2.22.